The Morgan fingerprint density at radius 1 is 1.05 bits per heavy atom. The number of esters is 1. The van der Waals surface area contributed by atoms with E-state index in [1.807, 2.05) is 13.8 Å². The topological polar surface area (TPSA) is 152 Å². The molecular formula is C30H54BN3O8. The van der Waals surface area contributed by atoms with Crippen LogP contribution in [0.3, 0.4) is 0 Å². The number of nitrogens with one attached hydrogen (secondary N) is 3. The molecule has 42 heavy (non-hydrogen) atoms. The number of ether oxygens (including phenoxy) is 2. The molecule has 3 fully saturated rings. The Labute approximate surface area is 252 Å². The number of fused-ring (bicyclic) bond motifs is 2. The Bertz CT molecular complexity index is 969. The van der Waals surface area contributed by atoms with E-state index >= 15 is 0 Å². The first-order valence-corrected chi connectivity index (χ1v) is 15.4. The zero-order valence-corrected chi connectivity index (χ0v) is 27.3. The fourth-order valence-corrected chi connectivity index (χ4v) is 6.38. The average Bonchev–Trinajstić information content (AvgIpc) is 2.84. The van der Waals surface area contributed by atoms with Crippen molar-refractivity contribution in [2.24, 2.45) is 29.1 Å². The molecule has 3 rings (SSSR count). The van der Waals surface area contributed by atoms with Crippen molar-refractivity contribution in [2.45, 2.75) is 125 Å². The van der Waals surface area contributed by atoms with Crippen molar-refractivity contribution in [2.75, 3.05) is 13.2 Å². The fraction of sp³-hybridized carbons (Fsp3) is 0.867. The average molecular weight is 596 g/mol. The number of rotatable bonds is 14. The van der Waals surface area contributed by atoms with E-state index in [-0.39, 0.29) is 49.2 Å². The highest BCUT2D eigenvalue weighted by Gasteiger charge is 2.63. The Balaban J connectivity index is 2.15. The zero-order chi connectivity index (χ0) is 32.0. The highest BCUT2D eigenvalue weighted by atomic mass is 16.6. The van der Waals surface area contributed by atoms with Gasteiger partial charge >= 0.3 is 19.2 Å². The maximum absolute atomic E-state index is 13.5. The van der Waals surface area contributed by atoms with Crippen LogP contribution in [0.4, 0.5) is 4.79 Å². The van der Waals surface area contributed by atoms with E-state index in [4.69, 9.17) is 14.1 Å². The summed E-state index contributed by atoms with van der Waals surface area (Å²) in [6.45, 7) is 19.4. The van der Waals surface area contributed by atoms with Crippen LogP contribution in [0.25, 0.3) is 0 Å². The maximum Gasteiger partial charge on any atom is 0.478 e. The van der Waals surface area contributed by atoms with Gasteiger partial charge in [-0.25, -0.2) is 4.79 Å². The van der Waals surface area contributed by atoms with Crippen LogP contribution in [0.2, 0.25) is 0 Å². The summed E-state index contributed by atoms with van der Waals surface area (Å²) in [5.74, 6) is -1.05. The van der Waals surface area contributed by atoms with Crippen molar-refractivity contribution >= 4 is 31.0 Å². The van der Waals surface area contributed by atoms with Gasteiger partial charge in [0.05, 0.1) is 24.6 Å². The van der Waals surface area contributed by atoms with Crippen molar-refractivity contribution in [1.82, 2.24) is 16.0 Å². The maximum atomic E-state index is 13.5. The van der Waals surface area contributed by atoms with E-state index in [1.54, 1.807) is 27.7 Å². The second kappa shape index (κ2) is 14.4. The molecule has 0 spiro atoms. The Morgan fingerprint density at radius 3 is 2.24 bits per heavy atom. The van der Waals surface area contributed by atoms with Crippen LogP contribution in [0, 0.1) is 29.1 Å². The van der Waals surface area contributed by atoms with Gasteiger partial charge in [0.15, 0.2) is 0 Å². The molecule has 4 N–H and O–H groups in total. The normalized spacial score (nSPS) is 25.9. The van der Waals surface area contributed by atoms with Crippen LogP contribution >= 0.6 is 0 Å². The summed E-state index contributed by atoms with van der Waals surface area (Å²) in [6, 6.07) is -1.20. The standard InChI is InChI=1S/C30H54BN3O8/c1-11-40-25(36)13-12-24(35)32-17-21(33-27(38)41-28(5,6)7)26(37)34-23(14-18(2)3)31(39)42-30(10)19(4)15-20-16-22(30)29(20,8)9/h18-23,39H,11-17H2,1-10H3,(H,32,35)(H,33,38)(H,34,37)/t19-,20-,21+,22+,23+,30-/m1/s1. The summed E-state index contributed by atoms with van der Waals surface area (Å²) >= 11 is 0. The number of hydrogen-bond acceptors (Lipinski definition) is 8. The predicted octanol–water partition coefficient (Wildman–Crippen LogP) is 3.37. The van der Waals surface area contributed by atoms with E-state index in [0.717, 1.165) is 12.8 Å². The van der Waals surface area contributed by atoms with Gasteiger partial charge in [-0.05, 0) is 83.0 Å². The minimum atomic E-state index is -1.28. The van der Waals surface area contributed by atoms with E-state index in [1.165, 1.54) is 0 Å². The third-order valence-corrected chi connectivity index (χ3v) is 8.92. The van der Waals surface area contributed by atoms with Crippen molar-refractivity contribution in [3.05, 3.63) is 0 Å². The van der Waals surface area contributed by atoms with Crippen LogP contribution in [0.1, 0.15) is 101 Å². The van der Waals surface area contributed by atoms with Crippen LogP contribution in [-0.2, 0) is 28.5 Å². The van der Waals surface area contributed by atoms with Crippen LogP contribution in [-0.4, -0.2) is 72.4 Å². The Morgan fingerprint density at radius 2 is 1.69 bits per heavy atom. The molecule has 3 saturated carbocycles. The van der Waals surface area contributed by atoms with Crippen molar-refractivity contribution in [1.29, 1.82) is 0 Å². The van der Waals surface area contributed by atoms with Crippen LogP contribution in [0.5, 0.6) is 0 Å². The van der Waals surface area contributed by atoms with Gasteiger partial charge in [0, 0.05) is 13.0 Å². The number of hydrogen-bond donors (Lipinski definition) is 4. The monoisotopic (exact) mass is 595 g/mol. The first-order valence-electron chi connectivity index (χ1n) is 15.4. The highest BCUT2D eigenvalue weighted by molar-refractivity contribution is 6.45. The lowest BCUT2D eigenvalue weighted by molar-refractivity contribution is -0.214. The number of carbonyl (C=O) groups is 4. The van der Waals surface area contributed by atoms with Gasteiger partial charge in [-0.15, -0.1) is 0 Å². The van der Waals surface area contributed by atoms with Gasteiger partial charge < -0.3 is 35.1 Å². The lowest BCUT2D eigenvalue weighted by Gasteiger charge is -2.66. The zero-order valence-electron chi connectivity index (χ0n) is 27.3. The molecule has 3 amide bonds. The minimum absolute atomic E-state index is 0.105. The Kier molecular flexibility index (Phi) is 12.3. The summed E-state index contributed by atoms with van der Waals surface area (Å²) in [4.78, 5) is 50.1. The summed E-state index contributed by atoms with van der Waals surface area (Å²) in [6.07, 6.45) is 1.44. The molecule has 6 atom stereocenters. The van der Waals surface area contributed by atoms with Gasteiger partial charge in [-0.1, -0.05) is 34.6 Å². The molecule has 2 bridgehead atoms. The molecule has 0 aromatic heterocycles. The quantitative estimate of drug-likeness (QED) is 0.176. The molecule has 240 valence electrons. The second-order valence-corrected chi connectivity index (χ2v) is 14.2. The third kappa shape index (κ3) is 9.59. The summed E-state index contributed by atoms with van der Waals surface area (Å²) < 4.78 is 16.6. The van der Waals surface area contributed by atoms with Gasteiger partial charge in [-0.3, -0.25) is 14.4 Å². The third-order valence-electron chi connectivity index (χ3n) is 8.92. The lowest BCUT2D eigenvalue weighted by Crippen LogP contribution is -2.67. The van der Waals surface area contributed by atoms with Gasteiger partial charge in [0.2, 0.25) is 11.8 Å². The summed E-state index contributed by atoms with van der Waals surface area (Å²) in [5.41, 5.74) is -1.25. The molecule has 3 aliphatic rings. The molecule has 0 aliphatic heterocycles. The van der Waals surface area contributed by atoms with Crippen molar-refractivity contribution in [3.8, 4) is 0 Å². The van der Waals surface area contributed by atoms with E-state index in [2.05, 4.69) is 43.6 Å². The molecule has 0 unspecified atom stereocenters. The number of amides is 3. The lowest BCUT2D eigenvalue weighted by atomic mass is 9.41. The molecule has 0 aromatic rings. The van der Waals surface area contributed by atoms with E-state index in [9.17, 15) is 24.2 Å². The molecular weight excluding hydrogens is 541 g/mol. The molecule has 3 aliphatic carbocycles. The van der Waals surface area contributed by atoms with E-state index in [0.29, 0.717) is 12.3 Å². The Hall–Kier alpha value is -2.34. The second-order valence-electron chi connectivity index (χ2n) is 14.2. The van der Waals surface area contributed by atoms with Crippen LogP contribution in [0.15, 0.2) is 0 Å². The molecule has 0 heterocycles. The minimum Gasteiger partial charge on any atom is -0.466 e. The van der Waals surface area contributed by atoms with Gasteiger partial charge in [-0.2, -0.15) is 0 Å². The van der Waals surface area contributed by atoms with Gasteiger partial charge in [0.1, 0.15) is 11.6 Å². The molecule has 11 nitrogen and oxygen atoms in total. The summed E-state index contributed by atoms with van der Waals surface area (Å²) in [5, 5.41) is 19.4. The first-order chi connectivity index (χ1) is 19.3. The van der Waals surface area contributed by atoms with Crippen LogP contribution < -0.4 is 16.0 Å². The largest absolute Gasteiger partial charge is 0.478 e. The number of carbonyl (C=O) groups excluding carboxylic acids is 4. The number of alkyl carbamates (subject to hydrolysis) is 1. The molecule has 0 saturated heterocycles. The first kappa shape index (κ1) is 35.9. The predicted molar refractivity (Wildman–Crippen MR) is 160 cm³/mol. The smallest absolute Gasteiger partial charge is 0.466 e. The fourth-order valence-electron chi connectivity index (χ4n) is 6.38. The summed E-state index contributed by atoms with van der Waals surface area (Å²) in [7, 11) is -1.28. The molecule has 0 aromatic carbocycles. The molecule has 0 radical (unpaired) electrons. The van der Waals surface area contributed by atoms with E-state index < -0.39 is 54.2 Å². The SMILES string of the molecule is CCOC(=O)CCC(=O)NC[C@H](NC(=O)OC(C)(C)C)C(=O)N[C@@H](CC(C)C)B(O)O[C@]1(C)[C@H](C)C[C@@H]2C[C@H]1C2(C)C. The highest BCUT2D eigenvalue weighted by Crippen LogP contribution is 2.65. The van der Waals surface area contributed by atoms with Crippen molar-refractivity contribution < 1.29 is 38.3 Å². The van der Waals surface area contributed by atoms with Gasteiger partial charge in [0.25, 0.3) is 0 Å². The molecule has 12 heteroatoms. The van der Waals surface area contributed by atoms with Crippen molar-refractivity contribution in [3.63, 3.8) is 0 Å².